The summed E-state index contributed by atoms with van der Waals surface area (Å²) in [5.41, 5.74) is 2.60. The fraction of sp³-hybridized carbons (Fsp3) is 0.500. The Morgan fingerprint density at radius 1 is 1.29 bits per heavy atom. The van der Waals surface area contributed by atoms with Crippen LogP contribution in [0, 0.1) is 29.6 Å². The average Bonchev–Trinajstić information content (AvgIpc) is 3.36. The van der Waals surface area contributed by atoms with Gasteiger partial charge in [0.1, 0.15) is 12.9 Å². The second-order valence-corrected chi connectivity index (χ2v) is 7.34. The van der Waals surface area contributed by atoms with E-state index in [0.29, 0.717) is 5.75 Å². The number of carbonyl (C=O) groups is 1. The van der Waals surface area contributed by atoms with E-state index in [0.717, 1.165) is 23.3 Å². The van der Waals surface area contributed by atoms with Crippen LogP contribution in [0.1, 0.15) is 30.4 Å². The van der Waals surface area contributed by atoms with Gasteiger partial charge in [0.2, 0.25) is 0 Å². The fourth-order valence-electron chi connectivity index (χ4n) is 5.07. The Bertz CT molecular complexity index is 911. The van der Waals surface area contributed by atoms with Gasteiger partial charge in [-0.1, -0.05) is 17.1 Å². The summed E-state index contributed by atoms with van der Waals surface area (Å²) in [6.45, 7) is 1.79. The van der Waals surface area contributed by atoms with E-state index in [1.165, 1.54) is 7.11 Å². The molecule has 0 radical (unpaired) electrons. The van der Waals surface area contributed by atoms with Gasteiger partial charge in [-0.25, -0.2) is 0 Å². The standard InChI is InChI=1S/C22H24N2O4/c1-5-6-12-7-8-14(15(9-12)26-3)17-20(23-2)19-18(21(17)25)16-10-13(11-24-27-4)22(19)28-16/h7-9,11,13,16-19,22H,10H2,1-4H3/b23-20+,24-11+/t13?,16?,17?,18-,19+,22?/m0/s1. The lowest BCUT2D eigenvalue weighted by molar-refractivity contribution is -0.123. The predicted molar refractivity (Wildman–Crippen MR) is 106 cm³/mol. The molecule has 28 heavy (non-hydrogen) atoms. The van der Waals surface area contributed by atoms with Gasteiger partial charge in [0.25, 0.3) is 0 Å². The highest BCUT2D eigenvalue weighted by molar-refractivity contribution is 6.19. The van der Waals surface area contributed by atoms with E-state index in [2.05, 4.69) is 22.0 Å². The van der Waals surface area contributed by atoms with Gasteiger partial charge in [-0.15, -0.1) is 5.92 Å². The van der Waals surface area contributed by atoms with Gasteiger partial charge >= 0.3 is 0 Å². The molecule has 0 amide bonds. The number of carbonyl (C=O) groups excluding carboxylic acids is 1. The van der Waals surface area contributed by atoms with E-state index in [1.807, 2.05) is 18.2 Å². The quantitative estimate of drug-likeness (QED) is 0.457. The lowest BCUT2D eigenvalue weighted by atomic mass is 9.75. The number of ketones is 1. The minimum Gasteiger partial charge on any atom is -0.496 e. The molecule has 4 unspecified atom stereocenters. The molecular formula is C22H24N2O4. The first-order valence-corrected chi connectivity index (χ1v) is 9.47. The fourth-order valence-corrected chi connectivity index (χ4v) is 5.07. The van der Waals surface area contributed by atoms with E-state index >= 15 is 0 Å². The zero-order chi connectivity index (χ0) is 19.8. The maximum absolute atomic E-state index is 13.4. The van der Waals surface area contributed by atoms with Crippen LogP contribution in [-0.2, 0) is 14.4 Å². The SMILES string of the molecule is CC#Cc1ccc(C2C(=O)[C@H]3C4CC(/C=N/OC)C(O4)[C@H]3/C2=N/C)c(OC)c1. The van der Waals surface area contributed by atoms with Crippen molar-refractivity contribution in [3.05, 3.63) is 29.3 Å². The Labute approximate surface area is 164 Å². The van der Waals surface area contributed by atoms with Crippen LogP contribution in [0.15, 0.2) is 28.3 Å². The van der Waals surface area contributed by atoms with Crippen molar-refractivity contribution >= 4 is 17.7 Å². The molecule has 3 fully saturated rings. The van der Waals surface area contributed by atoms with E-state index in [9.17, 15) is 4.79 Å². The minimum absolute atomic E-state index is 0.0191. The first kappa shape index (κ1) is 18.7. The van der Waals surface area contributed by atoms with Crippen molar-refractivity contribution in [3.8, 4) is 17.6 Å². The van der Waals surface area contributed by atoms with Crippen LogP contribution in [-0.4, -0.2) is 51.2 Å². The molecule has 0 N–H and O–H groups in total. The van der Waals surface area contributed by atoms with E-state index < -0.39 is 5.92 Å². The smallest absolute Gasteiger partial charge is 0.152 e. The zero-order valence-corrected chi connectivity index (χ0v) is 16.5. The van der Waals surface area contributed by atoms with Gasteiger partial charge in [-0.3, -0.25) is 9.79 Å². The highest BCUT2D eigenvalue weighted by Crippen LogP contribution is 2.55. The Morgan fingerprint density at radius 3 is 2.79 bits per heavy atom. The molecule has 6 atom stereocenters. The third-order valence-electron chi connectivity index (χ3n) is 6.08. The molecule has 1 aromatic rings. The highest BCUT2D eigenvalue weighted by atomic mass is 16.6. The summed E-state index contributed by atoms with van der Waals surface area (Å²) in [6, 6.07) is 5.77. The van der Waals surface area contributed by atoms with Crippen molar-refractivity contribution in [1.29, 1.82) is 0 Å². The van der Waals surface area contributed by atoms with Crippen molar-refractivity contribution < 1.29 is 19.1 Å². The number of fused-ring (bicyclic) bond motifs is 5. The molecule has 0 aromatic heterocycles. The maximum atomic E-state index is 13.4. The largest absolute Gasteiger partial charge is 0.496 e. The number of benzene rings is 1. The van der Waals surface area contributed by atoms with Crippen molar-refractivity contribution in [1.82, 2.24) is 0 Å². The number of oxime groups is 1. The summed E-state index contributed by atoms with van der Waals surface area (Å²) in [5, 5.41) is 3.93. The molecule has 6 nitrogen and oxygen atoms in total. The molecule has 2 aliphatic heterocycles. The Morgan fingerprint density at radius 2 is 2.11 bits per heavy atom. The number of methoxy groups -OCH3 is 1. The number of Topliss-reactive ketones (excluding diaryl/α,β-unsaturated/α-hetero) is 1. The van der Waals surface area contributed by atoms with Crippen LogP contribution in [0.25, 0.3) is 0 Å². The molecule has 1 saturated carbocycles. The molecule has 6 heteroatoms. The molecule has 0 spiro atoms. The normalized spacial score (nSPS) is 34.6. The molecule has 146 valence electrons. The Balaban J connectivity index is 1.72. The second kappa shape index (κ2) is 7.40. The van der Waals surface area contributed by atoms with E-state index in [4.69, 9.17) is 14.3 Å². The first-order chi connectivity index (χ1) is 13.6. The van der Waals surface area contributed by atoms with Gasteiger partial charge < -0.3 is 14.3 Å². The topological polar surface area (TPSA) is 69.5 Å². The summed E-state index contributed by atoms with van der Waals surface area (Å²) >= 11 is 0. The molecule has 2 bridgehead atoms. The summed E-state index contributed by atoms with van der Waals surface area (Å²) < 4.78 is 11.8. The molecule has 2 saturated heterocycles. The molecule has 1 aliphatic carbocycles. The maximum Gasteiger partial charge on any atom is 0.152 e. The van der Waals surface area contributed by atoms with Crippen LogP contribution in [0.4, 0.5) is 0 Å². The third-order valence-corrected chi connectivity index (χ3v) is 6.08. The highest BCUT2D eigenvalue weighted by Gasteiger charge is 2.64. The molecule has 4 rings (SSSR count). The molecule has 1 aromatic carbocycles. The zero-order valence-electron chi connectivity index (χ0n) is 16.5. The van der Waals surface area contributed by atoms with Crippen LogP contribution in [0.3, 0.4) is 0 Å². The third kappa shape index (κ3) is 2.73. The van der Waals surface area contributed by atoms with Crippen molar-refractivity contribution in [2.24, 2.45) is 27.9 Å². The lowest BCUT2D eigenvalue weighted by Gasteiger charge is -2.24. The van der Waals surface area contributed by atoms with Crippen LogP contribution < -0.4 is 4.74 Å². The molecular weight excluding hydrogens is 356 g/mol. The number of rotatable bonds is 4. The lowest BCUT2D eigenvalue weighted by Crippen LogP contribution is -2.35. The van der Waals surface area contributed by atoms with E-state index in [1.54, 1.807) is 27.3 Å². The molecule has 2 heterocycles. The number of aliphatic imine (C=N–C) groups is 1. The Hall–Kier alpha value is -2.65. The van der Waals surface area contributed by atoms with Gasteiger partial charge in [0.05, 0.1) is 31.2 Å². The number of hydrogen-bond donors (Lipinski definition) is 0. The van der Waals surface area contributed by atoms with Crippen molar-refractivity contribution in [2.45, 2.75) is 31.5 Å². The van der Waals surface area contributed by atoms with Gasteiger partial charge in [0.15, 0.2) is 5.78 Å². The number of nitrogens with zero attached hydrogens (tertiary/aromatic N) is 2. The second-order valence-electron chi connectivity index (χ2n) is 7.34. The first-order valence-electron chi connectivity index (χ1n) is 9.47. The van der Waals surface area contributed by atoms with Gasteiger partial charge in [-0.05, 0) is 25.5 Å². The van der Waals surface area contributed by atoms with Gasteiger partial charge in [-0.2, -0.15) is 0 Å². The van der Waals surface area contributed by atoms with Crippen LogP contribution >= 0.6 is 0 Å². The Kier molecular flexibility index (Phi) is 4.94. The van der Waals surface area contributed by atoms with Crippen molar-refractivity contribution in [3.63, 3.8) is 0 Å². The van der Waals surface area contributed by atoms with E-state index in [-0.39, 0.29) is 35.7 Å². The summed E-state index contributed by atoms with van der Waals surface area (Å²) in [5.74, 6) is 6.34. The average molecular weight is 380 g/mol. The summed E-state index contributed by atoms with van der Waals surface area (Å²) in [6.07, 6.45) is 2.41. The van der Waals surface area contributed by atoms with Crippen molar-refractivity contribution in [2.75, 3.05) is 21.3 Å². The number of hydrogen-bond acceptors (Lipinski definition) is 6. The predicted octanol–water partition coefficient (Wildman–Crippen LogP) is 2.46. The molecule has 3 aliphatic rings. The summed E-state index contributed by atoms with van der Waals surface area (Å²) in [7, 11) is 4.90. The monoisotopic (exact) mass is 380 g/mol. The van der Waals surface area contributed by atoms with Crippen LogP contribution in [0.2, 0.25) is 0 Å². The number of ether oxygens (including phenoxy) is 2. The van der Waals surface area contributed by atoms with Gasteiger partial charge in [0, 0.05) is 41.9 Å². The minimum atomic E-state index is -0.398. The van der Waals surface area contributed by atoms with Crippen LogP contribution in [0.5, 0.6) is 5.75 Å². The summed E-state index contributed by atoms with van der Waals surface area (Å²) in [4.78, 5) is 22.8.